The zero-order valence-corrected chi connectivity index (χ0v) is 20.5. The van der Waals surface area contributed by atoms with Crippen molar-refractivity contribution in [2.45, 2.75) is 25.7 Å². The molecule has 3 amide bonds. The van der Waals surface area contributed by atoms with Gasteiger partial charge in [-0.05, 0) is 30.7 Å². The van der Waals surface area contributed by atoms with E-state index in [0.29, 0.717) is 17.1 Å². The molecule has 9 heteroatoms. The fraction of sp³-hybridized carbons (Fsp3) is 0.214. The second kappa shape index (κ2) is 11.5. The Bertz CT molecular complexity index is 1310. The number of anilines is 1. The van der Waals surface area contributed by atoms with Gasteiger partial charge in [0.1, 0.15) is 11.8 Å². The number of ether oxygens (including phenoxy) is 1. The number of amides is 3. The SMILES string of the molecule is C[C@H](NC(=O)COc1ccc(CO)cc1)C(=O)NC1N=C(c2ccccc2)c2ccccc2N(C)C1=O. The molecule has 0 bridgehead atoms. The number of nitrogens with zero attached hydrogens (tertiary/aromatic N) is 2. The number of likely N-dealkylation sites (N-methyl/N-ethyl adjacent to an activating group) is 1. The molecule has 0 radical (unpaired) electrons. The van der Waals surface area contributed by atoms with Gasteiger partial charge < -0.3 is 25.4 Å². The van der Waals surface area contributed by atoms with E-state index in [4.69, 9.17) is 9.84 Å². The minimum Gasteiger partial charge on any atom is -0.484 e. The zero-order valence-electron chi connectivity index (χ0n) is 20.5. The van der Waals surface area contributed by atoms with E-state index in [1.807, 2.05) is 54.6 Å². The maximum atomic E-state index is 13.3. The Morgan fingerprint density at radius 3 is 2.41 bits per heavy atom. The quantitative estimate of drug-likeness (QED) is 0.437. The minimum absolute atomic E-state index is 0.0876. The van der Waals surface area contributed by atoms with Crippen LogP contribution in [-0.4, -0.2) is 54.4 Å². The molecule has 1 heterocycles. The largest absolute Gasteiger partial charge is 0.484 e. The summed E-state index contributed by atoms with van der Waals surface area (Å²) in [5.74, 6) is -1.01. The molecule has 1 aliphatic heterocycles. The van der Waals surface area contributed by atoms with Crippen LogP contribution < -0.4 is 20.3 Å². The summed E-state index contributed by atoms with van der Waals surface area (Å²) in [6.45, 7) is 1.13. The van der Waals surface area contributed by atoms with Crippen LogP contribution >= 0.6 is 0 Å². The summed E-state index contributed by atoms with van der Waals surface area (Å²) < 4.78 is 5.44. The summed E-state index contributed by atoms with van der Waals surface area (Å²) in [5.41, 5.74) is 3.56. The molecule has 1 unspecified atom stereocenters. The molecule has 9 nitrogen and oxygen atoms in total. The van der Waals surface area contributed by atoms with Gasteiger partial charge in [0.2, 0.25) is 12.1 Å². The van der Waals surface area contributed by atoms with Gasteiger partial charge in [-0.3, -0.25) is 14.4 Å². The fourth-order valence-corrected chi connectivity index (χ4v) is 3.89. The first-order chi connectivity index (χ1) is 17.9. The van der Waals surface area contributed by atoms with Crippen LogP contribution in [0, 0.1) is 0 Å². The molecule has 3 N–H and O–H groups in total. The van der Waals surface area contributed by atoms with Crippen LogP contribution in [0.25, 0.3) is 0 Å². The Hall–Kier alpha value is -4.50. The lowest BCUT2D eigenvalue weighted by molar-refractivity contribution is -0.131. The van der Waals surface area contributed by atoms with Crippen molar-refractivity contribution in [3.63, 3.8) is 0 Å². The van der Waals surface area contributed by atoms with E-state index in [1.165, 1.54) is 11.8 Å². The Balaban J connectivity index is 1.45. The summed E-state index contributed by atoms with van der Waals surface area (Å²) in [5, 5.41) is 14.3. The Labute approximate surface area is 214 Å². The first-order valence-electron chi connectivity index (χ1n) is 11.8. The van der Waals surface area contributed by atoms with Gasteiger partial charge in [0.05, 0.1) is 18.0 Å². The third-order valence-corrected chi connectivity index (χ3v) is 5.92. The number of carbonyl (C=O) groups is 3. The van der Waals surface area contributed by atoms with E-state index in [9.17, 15) is 14.4 Å². The Morgan fingerprint density at radius 2 is 1.70 bits per heavy atom. The molecule has 190 valence electrons. The molecule has 0 aliphatic carbocycles. The maximum Gasteiger partial charge on any atom is 0.272 e. The average molecular weight is 501 g/mol. The van der Waals surface area contributed by atoms with E-state index in [2.05, 4.69) is 15.6 Å². The number of rotatable bonds is 8. The van der Waals surface area contributed by atoms with Crippen molar-refractivity contribution in [2.24, 2.45) is 4.99 Å². The Morgan fingerprint density at radius 1 is 1.03 bits per heavy atom. The standard InChI is InChI=1S/C28H28N4O5/c1-18(29-24(34)17-37-21-14-12-19(16-33)13-15-21)27(35)31-26-28(36)32(2)23-11-7-6-10-22(23)25(30-26)20-8-4-3-5-9-20/h3-15,18,26,33H,16-17H2,1-2H3,(H,29,34)(H,31,35)/t18-,26?/m0/s1. The lowest BCUT2D eigenvalue weighted by atomic mass is 10.0. The van der Waals surface area contributed by atoms with Crippen LogP contribution in [0.2, 0.25) is 0 Å². The van der Waals surface area contributed by atoms with Gasteiger partial charge in [-0.1, -0.05) is 60.7 Å². The molecule has 0 fully saturated rings. The lowest BCUT2D eigenvalue weighted by Gasteiger charge is -2.22. The van der Waals surface area contributed by atoms with Crippen molar-refractivity contribution >= 4 is 29.1 Å². The average Bonchev–Trinajstić information content (AvgIpc) is 3.03. The monoisotopic (exact) mass is 500 g/mol. The predicted molar refractivity (Wildman–Crippen MR) is 139 cm³/mol. The van der Waals surface area contributed by atoms with Crippen LogP contribution in [0.1, 0.15) is 23.6 Å². The second-order valence-corrected chi connectivity index (χ2v) is 8.55. The van der Waals surface area contributed by atoms with Crippen molar-refractivity contribution in [3.05, 3.63) is 95.6 Å². The van der Waals surface area contributed by atoms with Gasteiger partial charge in [-0.25, -0.2) is 4.99 Å². The van der Waals surface area contributed by atoms with E-state index < -0.39 is 29.9 Å². The first kappa shape index (κ1) is 25.6. The number of carbonyl (C=O) groups excluding carboxylic acids is 3. The molecule has 3 aromatic carbocycles. The number of hydrogen-bond acceptors (Lipinski definition) is 6. The number of hydrogen-bond donors (Lipinski definition) is 3. The normalized spacial score (nSPS) is 15.6. The van der Waals surface area contributed by atoms with Gasteiger partial charge >= 0.3 is 0 Å². The van der Waals surface area contributed by atoms with Crippen molar-refractivity contribution in [2.75, 3.05) is 18.6 Å². The van der Waals surface area contributed by atoms with E-state index in [1.54, 1.807) is 31.3 Å². The van der Waals surface area contributed by atoms with E-state index >= 15 is 0 Å². The zero-order chi connectivity index (χ0) is 26.4. The van der Waals surface area contributed by atoms with Gasteiger partial charge in [0, 0.05) is 18.2 Å². The van der Waals surface area contributed by atoms with Crippen molar-refractivity contribution < 1.29 is 24.2 Å². The fourth-order valence-electron chi connectivity index (χ4n) is 3.89. The Kier molecular flexibility index (Phi) is 7.95. The number of para-hydroxylation sites is 1. The molecule has 0 saturated heterocycles. The number of aliphatic hydroxyl groups excluding tert-OH is 1. The molecule has 1 aliphatic rings. The molecule has 3 aromatic rings. The minimum atomic E-state index is -1.18. The topological polar surface area (TPSA) is 120 Å². The maximum absolute atomic E-state index is 13.3. The third kappa shape index (κ3) is 6.02. The summed E-state index contributed by atoms with van der Waals surface area (Å²) in [4.78, 5) is 44.7. The first-order valence-corrected chi connectivity index (χ1v) is 11.8. The van der Waals surface area contributed by atoms with Crippen molar-refractivity contribution in [1.82, 2.24) is 10.6 Å². The highest BCUT2D eigenvalue weighted by Crippen LogP contribution is 2.27. The number of aliphatic hydroxyl groups is 1. The molecule has 2 atom stereocenters. The molecule has 0 spiro atoms. The highest BCUT2D eigenvalue weighted by atomic mass is 16.5. The summed E-state index contributed by atoms with van der Waals surface area (Å²) in [6, 6.07) is 22.6. The van der Waals surface area contributed by atoms with Crippen LogP contribution in [0.3, 0.4) is 0 Å². The smallest absolute Gasteiger partial charge is 0.272 e. The van der Waals surface area contributed by atoms with Crippen LogP contribution in [0.5, 0.6) is 5.75 Å². The summed E-state index contributed by atoms with van der Waals surface area (Å²) >= 11 is 0. The number of benzene rings is 3. The van der Waals surface area contributed by atoms with Crippen LogP contribution in [0.4, 0.5) is 5.69 Å². The molecule has 0 aromatic heterocycles. The van der Waals surface area contributed by atoms with Crippen LogP contribution in [0.15, 0.2) is 83.9 Å². The third-order valence-electron chi connectivity index (χ3n) is 5.92. The van der Waals surface area contributed by atoms with Gasteiger partial charge in [-0.2, -0.15) is 0 Å². The van der Waals surface area contributed by atoms with Gasteiger partial charge in [0.15, 0.2) is 6.61 Å². The van der Waals surface area contributed by atoms with Crippen molar-refractivity contribution in [1.29, 1.82) is 0 Å². The second-order valence-electron chi connectivity index (χ2n) is 8.55. The molecular formula is C28H28N4O5. The number of aliphatic imine (C=N–C) groups is 1. The highest BCUT2D eigenvalue weighted by Gasteiger charge is 2.32. The van der Waals surface area contributed by atoms with E-state index in [-0.39, 0.29) is 13.2 Å². The number of fused-ring (bicyclic) bond motifs is 1. The predicted octanol–water partition coefficient (Wildman–Crippen LogP) is 2.02. The number of nitrogens with one attached hydrogen (secondary N) is 2. The van der Waals surface area contributed by atoms with Gasteiger partial charge in [0.25, 0.3) is 11.8 Å². The van der Waals surface area contributed by atoms with Gasteiger partial charge in [-0.15, -0.1) is 0 Å². The lowest BCUT2D eigenvalue weighted by Crippen LogP contribution is -2.52. The van der Waals surface area contributed by atoms with Crippen molar-refractivity contribution in [3.8, 4) is 5.75 Å². The summed E-state index contributed by atoms with van der Waals surface area (Å²) in [6.07, 6.45) is -1.18. The van der Waals surface area contributed by atoms with Crippen LogP contribution in [-0.2, 0) is 21.0 Å². The summed E-state index contributed by atoms with van der Waals surface area (Å²) in [7, 11) is 1.64. The number of benzodiazepines with no additional fused rings is 1. The molecule has 0 saturated carbocycles. The molecule has 4 rings (SSSR count). The molecule has 37 heavy (non-hydrogen) atoms. The highest BCUT2D eigenvalue weighted by molar-refractivity contribution is 6.20. The molecular weight excluding hydrogens is 472 g/mol. The van der Waals surface area contributed by atoms with E-state index in [0.717, 1.165) is 16.7 Å².